The summed E-state index contributed by atoms with van der Waals surface area (Å²) in [6, 6.07) is 13.7. The monoisotopic (exact) mass is 461 g/mol. The number of nitrogens with one attached hydrogen (secondary N) is 2. The van der Waals surface area contributed by atoms with Crippen LogP contribution in [0.4, 0.5) is 4.79 Å². The van der Waals surface area contributed by atoms with Gasteiger partial charge in [0.1, 0.15) is 0 Å². The number of carbonyl (C=O) groups is 3. The molecule has 0 heterocycles. The van der Waals surface area contributed by atoms with Crippen molar-refractivity contribution in [1.82, 2.24) is 14.9 Å². The molecular formula is C22H27N3O6S. The highest BCUT2D eigenvalue weighted by molar-refractivity contribution is 7.89. The van der Waals surface area contributed by atoms with Crippen LogP contribution in [0.3, 0.4) is 0 Å². The molecule has 2 aromatic carbocycles. The van der Waals surface area contributed by atoms with E-state index in [1.165, 1.54) is 35.5 Å². The zero-order valence-electron chi connectivity index (χ0n) is 18.2. The van der Waals surface area contributed by atoms with E-state index in [1.54, 1.807) is 13.8 Å². The predicted octanol–water partition coefficient (Wildman–Crippen LogP) is 2.29. The van der Waals surface area contributed by atoms with Gasteiger partial charge in [0.25, 0.3) is 5.91 Å². The maximum absolute atomic E-state index is 12.5. The Bertz CT molecular complexity index is 1040. The molecule has 0 radical (unpaired) electrons. The molecule has 172 valence electrons. The number of sulfonamides is 1. The molecule has 0 saturated heterocycles. The van der Waals surface area contributed by atoms with Crippen molar-refractivity contribution in [2.75, 3.05) is 13.1 Å². The summed E-state index contributed by atoms with van der Waals surface area (Å²) < 4.78 is 31.4. The lowest BCUT2D eigenvalue weighted by Crippen LogP contribution is -2.44. The van der Waals surface area contributed by atoms with Crippen molar-refractivity contribution in [1.29, 1.82) is 0 Å². The molecule has 3 amide bonds. The first-order chi connectivity index (χ1) is 15.2. The summed E-state index contributed by atoms with van der Waals surface area (Å²) >= 11 is 0. The van der Waals surface area contributed by atoms with Crippen molar-refractivity contribution in [2.24, 2.45) is 0 Å². The lowest BCUT2D eigenvalue weighted by atomic mass is 10.2. The summed E-state index contributed by atoms with van der Waals surface area (Å²) in [6.07, 6.45) is -1.23. The molecule has 9 nitrogen and oxygen atoms in total. The predicted molar refractivity (Wildman–Crippen MR) is 118 cm³/mol. The smallest absolute Gasteiger partial charge is 0.338 e. The fourth-order valence-electron chi connectivity index (χ4n) is 2.79. The largest absolute Gasteiger partial charge is 0.449 e. The molecule has 0 saturated carbocycles. The zero-order valence-corrected chi connectivity index (χ0v) is 19.0. The van der Waals surface area contributed by atoms with E-state index in [9.17, 15) is 22.8 Å². The normalized spacial score (nSPS) is 12.1. The first-order valence-corrected chi connectivity index (χ1v) is 11.6. The van der Waals surface area contributed by atoms with E-state index < -0.39 is 34.0 Å². The highest BCUT2D eigenvalue weighted by Gasteiger charge is 2.23. The van der Waals surface area contributed by atoms with Crippen molar-refractivity contribution >= 4 is 27.9 Å². The molecule has 0 fully saturated rings. The number of benzene rings is 2. The minimum atomic E-state index is -3.65. The molecule has 32 heavy (non-hydrogen) atoms. The van der Waals surface area contributed by atoms with E-state index in [-0.39, 0.29) is 17.0 Å². The molecule has 2 rings (SSSR count). The Balaban J connectivity index is 1.91. The molecule has 0 bridgehead atoms. The fraction of sp³-hybridized carbons (Fsp3) is 0.318. The zero-order chi connectivity index (χ0) is 23.7. The summed E-state index contributed by atoms with van der Waals surface area (Å²) in [4.78, 5) is 36.4. The van der Waals surface area contributed by atoms with Gasteiger partial charge in [-0.2, -0.15) is 4.31 Å². The highest BCUT2D eigenvalue weighted by atomic mass is 32.2. The van der Waals surface area contributed by atoms with Crippen LogP contribution in [0.25, 0.3) is 0 Å². The van der Waals surface area contributed by atoms with Gasteiger partial charge in [0.15, 0.2) is 6.10 Å². The van der Waals surface area contributed by atoms with Crippen LogP contribution in [0.1, 0.15) is 36.7 Å². The molecule has 0 aliphatic heterocycles. The summed E-state index contributed by atoms with van der Waals surface area (Å²) in [5.74, 6) is -1.60. The number of esters is 1. The second kappa shape index (κ2) is 11.4. The van der Waals surface area contributed by atoms with Gasteiger partial charge in [-0.15, -0.1) is 0 Å². The number of hydrogen-bond acceptors (Lipinski definition) is 6. The minimum Gasteiger partial charge on any atom is -0.449 e. The fourth-order valence-corrected chi connectivity index (χ4v) is 4.25. The third-order valence-corrected chi connectivity index (χ3v) is 6.68. The molecule has 2 N–H and O–H groups in total. The van der Waals surface area contributed by atoms with Gasteiger partial charge in [-0.1, -0.05) is 44.2 Å². The highest BCUT2D eigenvalue weighted by Crippen LogP contribution is 2.17. The number of rotatable bonds is 9. The second-order valence-corrected chi connectivity index (χ2v) is 8.76. The Morgan fingerprint density at radius 2 is 1.56 bits per heavy atom. The standard InChI is InChI=1S/C22H27N3O6S/c1-4-25(5-2)32(29,30)19-13-11-18(12-14-19)21(27)31-16(3)20(26)24-22(28)23-15-17-9-7-6-8-10-17/h6-14,16H,4-5,15H2,1-3H3,(H2,23,24,26,28). The molecule has 10 heteroatoms. The number of carbonyl (C=O) groups excluding carboxylic acids is 3. The Hall–Kier alpha value is -3.24. The maximum Gasteiger partial charge on any atom is 0.338 e. The Morgan fingerprint density at radius 1 is 0.969 bits per heavy atom. The van der Waals surface area contributed by atoms with Gasteiger partial charge in [-0.05, 0) is 36.8 Å². The Labute approximate surface area is 187 Å². The van der Waals surface area contributed by atoms with Crippen LogP contribution in [-0.2, 0) is 26.1 Å². The number of urea groups is 1. The van der Waals surface area contributed by atoms with E-state index in [0.717, 1.165) is 5.56 Å². The number of imide groups is 1. The van der Waals surface area contributed by atoms with Gasteiger partial charge >= 0.3 is 12.0 Å². The maximum atomic E-state index is 12.5. The number of nitrogens with zero attached hydrogens (tertiary/aromatic N) is 1. The molecular weight excluding hydrogens is 434 g/mol. The lowest BCUT2D eigenvalue weighted by Gasteiger charge is -2.18. The van der Waals surface area contributed by atoms with Crippen LogP contribution >= 0.6 is 0 Å². The average Bonchev–Trinajstić information content (AvgIpc) is 2.79. The van der Waals surface area contributed by atoms with Crippen LogP contribution in [0.2, 0.25) is 0 Å². The molecule has 0 spiro atoms. The third kappa shape index (κ3) is 6.63. The second-order valence-electron chi connectivity index (χ2n) is 6.82. The van der Waals surface area contributed by atoms with Crippen LogP contribution in [0.5, 0.6) is 0 Å². The third-order valence-electron chi connectivity index (χ3n) is 4.62. The number of ether oxygens (including phenoxy) is 1. The van der Waals surface area contributed by atoms with Gasteiger partial charge in [0, 0.05) is 19.6 Å². The number of hydrogen-bond donors (Lipinski definition) is 2. The van der Waals surface area contributed by atoms with Crippen LogP contribution in [0.15, 0.2) is 59.5 Å². The van der Waals surface area contributed by atoms with Crippen LogP contribution < -0.4 is 10.6 Å². The Morgan fingerprint density at radius 3 is 2.12 bits per heavy atom. The number of amides is 3. The van der Waals surface area contributed by atoms with Gasteiger partial charge in [0.2, 0.25) is 10.0 Å². The van der Waals surface area contributed by atoms with E-state index >= 15 is 0 Å². The van der Waals surface area contributed by atoms with Gasteiger partial charge in [-0.3, -0.25) is 10.1 Å². The lowest BCUT2D eigenvalue weighted by molar-refractivity contribution is -0.127. The molecule has 0 aliphatic rings. The van der Waals surface area contributed by atoms with Crippen LogP contribution in [-0.4, -0.2) is 49.8 Å². The first-order valence-electron chi connectivity index (χ1n) is 10.1. The molecule has 0 aliphatic carbocycles. The summed E-state index contributed by atoms with van der Waals surface area (Å²) in [6.45, 7) is 5.69. The molecule has 1 unspecified atom stereocenters. The van der Waals surface area contributed by atoms with Gasteiger partial charge in [0.05, 0.1) is 10.5 Å². The average molecular weight is 462 g/mol. The summed E-state index contributed by atoms with van der Waals surface area (Å²) in [5, 5.41) is 4.65. The van der Waals surface area contributed by atoms with E-state index in [4.69, 9.17) is 4.74 Å². The summed E-state index contributed by atoms with van der Waals surface area (Å²) in [5.41, 5.74) is 0.942. The Kier molecular flexibility index (Phi) is 8.91. The van der Waals surface area contributed by atoms with E-state index in [2.05, 4.69) is 10.6 Å². The van der Waals surface area contributed by atoms with Crippen molar-refractivity contribution in [2.45, 2.75) is 38.3 Å². The topological polar surface area (TPSA) is 122 Å². The van der Waals surface area contributed by atoms with Crippen molar-refractivity contribution in [3.63, 3.8) is 0 Å². The van der Waals surface area contributed by atoms with E-state index in [0.29, 0.717) is 13.1 Å². The summed E-state index contributed by atoms with van der Waals surface area (Å²) in [7, 11) is -3.65. The van der Waals surface area contributed by atoms with E-state index in [1.807, 2.05) is 30.3 Å². The SMILES string of the molecule is CCN(CC)S(=O)(=O)c1ccc(C(=O)OC(C)C(=O)NC(=O)NCc2ccccc2)cc1. The molecule has 2 aromatic rings. The first kappa shape index (κ1) is 25.0. The van der Waals surface area contributed by atoms with Crippen LogP contribution in [0, 0.1) is 0 Å². The van der Waals surface area contributed by atoms with Crippen molar-refractivity contribution in [3.8, 4) is 0 Å². The van der Waals surface area contributed by atoms with Crippen molar-refractivity contribution < 1.29 is 27.5 Å². The quantitative estimate of drug-likeness (QED) is 0.553. The van der Waals surface area contributed by atoms with Gasteiger partial charge in [-0.25, -0.2) is 18.0 Å². The van der Waals surface area contributed by atoms with Crippen molar-refractivity contribution in [3.05, 3.63) is 65.7 Å². The molecule has 0 aromatic heterocycles. The van der Waals surface area contributed by atoms with Gasteiger partial charge < -0.3 is 10.1 Å². The minimum absolute atomic E-state index is 0.0543. The molecule has 1 atom stereocenters.